The van der Waals surface area contributed by atoms with E-state index in [0.29, 0.717) is 11.5 Å². The van der Waals surface area contributed by atoms with Crippen LogP contribution in [0.2, 0.25) is 0 Å². The Hall–Kier alpha value is -2.87. The third kappa shape index (κ3) is 3.67. The van der Waals surface area contributed by atoms with Gasteiger partial charge in [0.2, 0.25) is 0 Å². The van der Waals surface area contributed by atoms with E-state index in [9.17, 15) is 14.3 Å². The highest BCUT2D eigenvalue weighted by atomic mass is 19.1. The second-order valence-electron chi connectivity index (χ2n) is 4.75. The molecule has 3 rings (SSSR count). The highest BCUT2D eigenvalue weighted by Crippen LogP contribution is 2.15. The molecular weight excluding hydrogens is 307 g/mol. The predicted molar refractivity (Wildman–Crippen MR) is 76.4 cm³/mol. The maximum absolute atomic E-state index is 12.8. The minimum absolute atomic E-state index is 0.0339. The molecule has 23 heavy (non-hydrogen) atoms. The number of aliphatic hydroxyl groups is 1. The summed E-state index contributed by atoms with van der Waals surface area (Å²) in [6, 6.07) is 8.63. The lowest BCUT2D eigenvalue weighted by Gasteiger charge is -2.11. The number of aliphatic hydroxyl groups excluding tert-OH is 1. The van der Waals surface area contributed by atoms with Crippen LogP contribution in [-0.4, -0.2) is 27.6 Å². The molecule has 3 aromatic rings. The first kappa shape index (κ1) is 15.0. The number of aromatic nitrogens is 2. The maximum atomic E-state index is 12.8. The zero-order valence-electron chi connectivity index (χ0n) is 11.9. The summed E-state index contributed by atoms with van der Waals surface area (Å²) in [4.78, 5) is 11.7. The second-order valence-corrected chi connectivity index (χ2v) is 4.75. The van der Waals surface area contributed by atoms with E-state index in [0.717, 1.165) is 4.68 Å². The van der Waals surface area contributed by atoms with Gasteiger partial charge in [-0.25, -0.2) is 9.18 Å². The summed E-state index contributed by atoms with van der Waals surface area (Å²) in [5.41, 5.74) is 0. The van der Waals surface area contributed by atoms with Crippen LogP contribution in [0.4, 0.5) is 4.39 Å². The molecule has 8 heteroatoms. The number of nitrogens with zero attached hydrogens (tertiary/aromatic N) is 2. The van der Waals surface area contributed by atoms with Gasteiger partial charge < -0.3 is 18.7 Å². The number of halogens is 1. The van der Waals surface area contributed by atoms with Gasteiger partial charge in [0.1, 0.15) is 24.3 Å². The molecule has 120 valence electrons. The Balaban J connectivity index is 1.60. The van der Waals surface area contributed by atoms with E-state index in [2.05, 4.69) is 5.10 Å². The van der Waals surface area contributed by atoms with Gasteiger partial charge in [-0.1, -0.05) is 0 Å². The Morgan fingerprint density at radius 1 is 1.30 bits per heavy atom. The fraction of sp³-hybridized carbons (Fsp3) is 0.200. The van der Waals surface area contributed by atoms with Crippen molar-refractivity contribution in [1.82, 2.24) is 9.78 Å². The third-order valence-electron chi connectivity index (χ3n) is 2.98. The average molecular weight is 320 g/mol. The fourth-order valence-corrected chi connectivity index (χ4v) is 1.90. The van der Waals surface area contributed by atoms with Crippen LogP contribution in [0, 0.1) is 5.82 Å². The smallest absolute Gasteiger partial charge is 0.437 e. The second kappa shape index (κ2) is 6.49. The minimum Gasteiger partial charge on any atom is -0.491 e. The summed E-state index contributed by atoms with van der Waals surface area (Å²) in [7, 11) is 0. The van der Waals surface area contributed by atoms with Crippen LogP contribution in [0.15, 0.2) is 56.3 Å². The first-order valence-electron chi connectivity index (χ1n) is 6.80. The molecule has 1 atom stereocenters. The van der Waals surface area contributed by atoms with Crippen molar-refractivity contribution in [2.75, 3.05) is 6.61 Å². The van der Waals surface area contributed by atoms with E-state index in [1.165, 1.54) is 30.5 Å². The molecule has 0 fully saturated rings. The molecule has 2 heterocycles. The summed E-state index contributed by atoms with van der Waals surface area (Å²) in [6.45, 7) is -0.189. The zero-order chi connectivity index (χ0) is 16.2. The van der Waals surface area contributed by atoms with Gasteiger partial charge >= 0.3 is 5.76 Å². The Kier molecular flexibility index (Phi) is 4.24. The van der Waals surface area contributed by atoms with Gasteiger partial charge in [-0.2, -0.15) is 4.68 Å². The summed E-state index contributed by atoms with van der Waals surface area (Å²) in [6.07, 6.45) is 0.437. The number of rotatable bonds is 6. The molecule has 0 amide bonds. The van der Waals surface area contributed by atoms with E-state index < -0.39 is 11.9 Å². The van der Waals surface area contributed by atoms with Crippen molar-refractivity contribution < 1.29 is 23.1 Å². The van der Waals surface area contributed by atoms with E-state index in [4.69, 9.17) is 13.6 Å². The van der Waals surface area contributed by atoms with Crippen LogP contribution >= 0.6 is 0 Å². The lowest BCUT2D eigenvalue weighted by molar-refractivity contribution is 0.0875. The van der Waals surface area contributed by atoms with Crippen molar-refractivity contribution in [1.29, 1.82) is 0 Å². The molecule has 1 N–H and O–H groups in total. The monoisotopic (exact) mass is 320 g/mol. The Morgan fingerprint density at radius 3 is 2.78 bits per heavy atom. The van der Waals surface area contributed by atoms with Gasteiger partial charge in [0.15, 0.2) is 5.76 Å². The van der Waals surface area contributed by atoms with Gasteiger partial charge in [-0.05, 0) is 36.4 Å². The van der Waals surface area contributed by atoms with Gasteiger partial charge in [-0.15, -0.1) is 5.10 Å². The SMILES string of the molecule is O=c1oc(-c2ccco2)nn1C[C@@H](O)COc1ccc(F)cc1. The van der Waals surface area contributed by atoms with Crippen LogP contribution in [0.5, 0.6) is 5.75 Å². The molecule has 0 aliphatic heterocycles. The maximum Gasteiger partial charge on any atom is 0.437 e. The van der Waals surface area contributed by atoms with E-state index >= 15 is 0 Å². The standard InChI is InChI=1S/C15H13FN2O5/c16-10-3-5-12(6-4-10)22-9-11(19)8-18-15(20)23-14(17-18)13-2-1-7-21-13/h1-7,11,19H,8-9H2/t11-/m1/s1. The lowest BCUT2D eigenvalue weighted by atomic mass is 10.3. The predicted octanol–water partition coefficient (Wildman–Crippen LogP) is 1.68. The average Bonchev–Trinajstić information content (AvgIpc) is 3.17. The molecule has 0 saturated heterocycles. The van der Waals surface area contributed by atoms with Crippen LogP contribution in [0.1, 0.15) is 0 Å². The first-order valence-corrected chi connectivity index (χ1v) is 6.80. The fourth-order valence-electron chi connectivity index (χ4n) is 1.90. The first-order chi connectivity index (χ1) is 11.1. The van der Waals surface area contributed by atoms with Gasteiger partial charge in [0, 0.05) is 0 Å². The molecule has 0 aliphatic carbocycles. The van der Waals surface area contributed by atoms with Crippen LogP contribution in [0.25, 0.3) is 11.7 Å². The number of benzene rings is 1. The van der Waals surface area contributed by atoms with Crippen molar-refractivity contribution in [3.05, 3.63) is 59.0 Å². The number of hydrogen-bond acceptors (Lipinski definition) is 6. The molecule has 0 saturated carbocycles. The lowest BCUT2D eigenvalue weighted by Crippen LogP contribution is -2.29. The molecule has 2 aromatic heterocycles. The molecule has 7 nitrogen and oxygen atoms in total. The Labute approximate surface area is 129 Å². The van der Waals surface area contributed by atoms with E-state index in [1.54, 1.807) is 12.1 Å². The number of hydrogen-bond donors (Lipinski definition) is 1. The van der Waals surface area contributed by atoms with E-state index in [-0.39, 0.29) is 24.9 Å². The molecular formula is C15H13FN2O5. The normalized spacial score (nSPS) is 12.3. The molecule has 1 aromatic carbocycles. The highest BCUT2D eigenvalue weighted by molar-refractivity contribution is 5.42. The number of ether oxygens (including phenoxy) is 1. The molecule has 0 radical (unpaired) electrons. The van der Waals surface area contributed by atoms with Gasteiger partial charge in [0.05, 0.1) is 12.8 Å². The molecule has 0 spiro atoms. The summed E-state index contributed by atoms with van der Waals surface area (Å²) >= 11 is 0. The molecule has 0 aliphatic rings. The summed E-state index contributed by atoms with van der Waals surface area (Å²) < 4.78 is 29.1. The summed E-state index contributed by atoms with van der Waals surface area (Å²) in [5, 5.41) is 13.9. The van der Waals surface area contributed by atoms with Crippen LogP contribution in [-0.2, 0) is 6.54 Å². The summed E-state index contributed by atoms with van der Waals surface area (Å²) in [5.74, 6) is -0.325. The van der Waals surface area contributed by atoms with Crippen LogP contribution < -0.4 is 10.5 Å². The van der Waals surface area contributed by atoms with Crippen molar-refractivity contribution >= 4 is 0 Å². The molecule has 0 unspecified atom stereocenters. The van der Waals surface area contributed by atoms with Crippen molar-refractivity contribution in [2.24, 2.45) is 0 Å². The highest BCUT2D eigenvalue weighted by Gasteiger charge is 2.15. The van der Waals surface area contributed by atoms with Gasteiger partial charge in [-0.3, -0.25) is 0 Å². The number of furan rings is 1. The third-order valence-corrected chi connectivity index (χ3v) is 2.98. The van der Waals surface area contributed by atoms with Crippen LogP contribution in [0.3, 0.4) is 0 Å². The Morgan fingerprint density at radius 2 is 2.09 bits per heavy atom. The van der Waals surface area contributed by atoms with Crippen molar-refractivity contribution in [3.63, 3.8) is 0 Å². The molecule has 0 bridgehead atoms. The topological polar surface area (TPSA) is 90.6 Å². The zero-order valence-corrected chi connectivity index (χ0v) is 11.9. The Bertz CT molecular complexity index is 807. The van der Waals surface area contributed by atoms with E-state index in [1.807, 2.05) is 0 Å². The van der Waals surface area contributed by atoms with Gasteiger partial charge in [0.25, 0.3) is 5.89 Å². The minimum atomic E-state index is -0.993. The largest absolute Gasteiger partial charge is 0.491 e. The van der Waals surface area contributed by atoms with Crippen molar-refractivity contribution in [3.8, 4) is 17.4 Å². The quantitative estimate of drug-likeness (QED) is 0.743. The van der Waals surface area contributed by atoms with Crippen molar-refractivity contribution in [2.45, 2.75) is 12.6 Å².